The summed E-state index contributed by atoms with van der Waals surface area (Å²) in [6.07, 6.45) is 2.25. The van der Waals surface area contributed by atoms with Gasteiger partial charge in [-0.3, -0.25) is 4.79 Å². The quantitative estimate of drug-likeness (QED) is 0.378. The van der Waals surface area contributed by atoms with Gasteiger partial charge < -0.3 is 15.8 Å². The first-order chi connectivity index (χ1) is 9.56. The third kappa shape index (κ3) is 1.90. The number of thiophene rings is 1. The highest BCUT2D eigenvalue weighted by molar-refractivity contribution is 7.10. The van der Waals surface area contributed by atoms with Crippen molar-refractivity contribution in [3.05, 3.63) is 21.9 Å². The van der Waals surface area contributed by atoms with Crippen LogP contribution < -0.4 is 5.73 Å². The number of fused-ring (bicyclic) bond motifs is 1. The van der Waals surface area contributed by atoms with E-state index in [1.165, 1.54) is 10.4 Å². The van der Waals surface area contributed by atoms with Crippen molar-refractivity contribution in [1.29, 1.82) is 0 Å². The van der Waals surface area contributed by atoms with E-state index in [0.29, 0.717) is 25.3 Å². The second-order valence-electron chi connectivity index (χ2n) is 5.93. The van der Waals surface area contributed by atoms with E-state index in [9.17, 15) is 4.79 Å². The third-order valence-corrected chi connectivity index (χ3v) is 5.52. The molecule has 1 fully saturated rings. The van der Waals surface area contributed by atoms with Gasteiger partial charge in [0.2, 0.25) is 5.91 Å². The molecule has 20 heavy (non-hydrogen) atoms. The summed E-state index contributed by atoms with van der Waals surface area (Å²) in [7, 11) is 0. The van der Waals surface area contributed by atoms with E-state index in [-0.39, 0.29) is 11.7 Å². The molecule has 1 aliphatic heterocycles. The molecule has 5 nitrogen and oxygen atoms in total. The zero-order valence-electron chi connectivity index (χ0n) is 11.5. The summed E-state index contributed by atoms with van der Waals surface area (Å²) in [5.74, 6) is 0.528. The Morgan fingerprint density at radius 3 is 3.00 bits per heavy atom. The summed E-state index contributed by atoms with van der Waals surface area (Å²) in [6, 6.07) is 2.08. The fraction of sp³-hybridized carbons (Fsp3) is 0.571. The monoisotopic (exact) mass is 293 g/mol. The van der Waals surface area contributed by atoms with Crippen molar-refractivity contribution < 1.29 is 10.0 Å². The maximum absolute atomic E-state index is 12.8. The number of oxime groups is 1. The molecular formula is C14H19N3O2S. The molecule has 2 aliphatic rings. The minimum atomic E-state index is -0.776. The van der Waals surface area contributed by atoms with E-state index < -0.39 is 5.41 Å². The van der Waals surface area contributed by atoms with Crippen molar-refractivity contribution >= 4 is 23.1 Å². The van der Waals surface area contributed by atoms with Gasteiger partial charge in [-0.1, -0.05) is 12.1 Å². The molecule has 1 saturated carbocycles. The molecule has 0 aromatic carbocycles. The number of rotatable bonds is 2. The van der Waals surface area contributed by atoms with Gasteiger partial charge in [-0.25, -0.2) is 0 Å². The van der Waals surface area contributed by atoms with Crippen LogP contribution in [0.2, 0.25) is 0 Å². The lowest BCUT2D eigenvalue weighted by atomic mass is 9.61. The van der Waals surface area contributed by atoms with Crippen LogP contribution in [0, 0.1) is 11.3 Å². The second-order valence-corrected chi connectivity index (χ2v) is 6.93. The molecule has 1 amide bonds. The molecule has 6 heteroatoms. The topological polar surface area (TPSA) is 78.9 Å². The molecule has 0 unspecified atom stereocenters. The fourth-order valence-electron chi connectivity index (χ4n) is 3.44. The Hall–Kier alpha value is -1.56. The average molecular weight is 293 g/mol. The number of amidine groups is 1. The molecule has 0 bridgehead atoms. The van der Waals surface area contributed by atoms with Crippen LogP contribution in [0.25, 0.3) is 0 Å². The van der Waals surface area contributed by atoms with Gasteiger partial charge in [0.05, 0.1) is 0 Å². The van der Waals surface area contributed by atoms with E-state index >= 15 is 0 Å². The number of carbonyl (C=O) groups is 1. The predicted octanol–water partition coefficient (Wildman–Crippen LogP) is 1.80. The van der Waals surface area contributed by atoms with Crippen LogP contribution in [-0.4, -0.2) is 28.4 Å². The molecule has 0 spiro atoms. The lowest BCUT2D eigenvalue weighted by molar-refractivity contribution is -0.145. The van der Waals surface area contributed by atoms with E-state index in [1.807, 2.05) is 4.90 Å². The molecule has 108 valence electrons. The lowest BCUT2D eigenvalue weighted by Gasteiger charge is -2.46. The summed E-state index contributed by atoms with van der Waals surface area (Å²) >= 11 is 1.75. The lowest BCUT2D eigenvalue weighted by Crippen LogP contribution is -2.58. The maximum atomic E-state index is 12.8. The molecule has 0 radical (unpaired) electrons. The summed E-state index contributed by atoms with van der Waals surface area (Å²) in [4.78, 5) is 16.1. The highest BCUT2D eigenvalue weighted by atomic mass is 32.1. The first-order valence-corrected chi connectivity index (χ1v) is 7.77. The minimum Gasteiger partial charge on any atom is -0.409 e. The Bertz CT molecular complexity index is 561. The van der Waals surface area contributed by atoms with Crippen molar-refractivity contribution in [3.63, 3.8) is 0 Å². The molecular weight excluding hydrogens is 274 g/mol. The Kier molecular flexibility index (Phi) is 3.20. The second kappa shape index (κ2) is 4.77. The predicted molar refractivity (Wildman–Crippen MR) is 77.7 cm³/mol. The summed E-state index contributed by atoms with van der Waals surface area (Å²) in [6.45, 7) is 3.46. The first kappa shape index (κ1) is 13.4. The van der Waals surface area contributed by atoms with Gasteiger partial charge in [0, 0.05) is 18.0 Å². The molecule has 1 aromatic heterocycles. The Balaban J connectivity index is 1.82. The van der Waals surface area contributed by atoms with Crippen LogP contribution in [0.3, 0.4) is 0 Å². The number of nitrogens with two attached hydrogens (primary N) is 1. The number of nitrogens with zero attached hydrogens (tertiary/aromatic N) is 2. The van der Waals surface area contributed by atoms with Gasteiger partial charge in [0.15, 0.2) is 5.84 Å². The first-order valence-electron chi connectivity index (χ1n) is 6.89. The van der Waals surface area contributed by atoms with Crippen LogP contribution in [0.15, 0.2) is 16.6 Å². The normalized spacial score (nSPS) is 29.8. The highest BCUT2D eigenvalue weighted by Crippen LogP contribution is 2.47. The maximum Gasteiger partial charge on any atom is 0.236 e. The van der Waals surface area contributed by atoms with E-state index in [4.69, 9.17) is 10.9 Å². The van der Waals surface area contributed by atoms with E-state index in [1.54, 1.807) is 11.3 Å². The number of carbonyl (C=O) groups excluding carboxylic acids is 1. The SMILES string of the molecule is CC1CC(C(=O)N2CCc3sccc3C2)(/C(N)=N/O)C1. The van der Waals surface area contributed by atoms with Crippen LogP contribution in [0.1, 0.15) is 30.2 Å². The Morgan fingerprint density at radius 2 is 2.35 bits per heavy atom. The van der Waals surface area contributed by atoms with E-state index in [2.05, 4.69) is 23.5 Å². The largest absolute Gasteiger partial charge is 0.409 e. The molecule has 1 aromatic rings. The van der Waals surface area contributed by atoms with Gasteiger partial charge >= 0.3 is 0 Å². The fourth-order valence-corrected chi connectivity index (χ4v) is 4.33. The standard InChI is InChI=1S/C14H19N3O2S/c1-9-6-14(7-9,12(15)16-19)13(18)17-4-2-11-10(8-17)3-5-20-11/h3,5,9,19H,2,4,6-8H2,1H3,(H2,15,16). The van der Waals surface area contributed by atoms with E-state index in [0.717, 1.165) is 13.0 Å². The zero-order valence-corrected chi connectivity index (χ0v) is 12.3. The highest BCUT2D eigenvalue weighted by Gasteiger charge is 2.53. The van der Waals surface area contributed by atoms with Crippen molar-refractivity contribution in [2.45, 2.75) is 32.7 Å². The van der Waals surface area contributed by atoms with Crippen molar-refractivity contribution in [3.8, 4) is 0 Å². The summed E-state index contributed by atoms with van der Waals surface area (Å²) < 4.78 is 0. The molecule has 1 aliphatic carbocycles. The smallest absolute Gasteiger partial charge is 0.236 e. The van der Waals surface area contributed by atoms with Gasteiger partial charge in [0.1, 0.15) is 5.41 Å². The van der Waals surface area contributed by atoms with Crippen molar-refractivity contribution in [1.82, 2.24) is 4.90 Å². The van der Waals surface area contributed by atoms with Crippen LogP contribution in [0.4, 0.5) is 0 Å². The minimum absolute atomic E-state index is 0.0164. The van der Waals surface area contributed by atoms with Gasteiger partial charge in [-0.2, -0.15) is 0 Å². The molecule has 0 saturated heterocycles. The number of amides is 1. The average Bonchev–Trinajstić information content (AvgIpc) is 2.89. The van der Waals surface area contributed by atoms with Crippen LogP contribution in [-0.2, 0) is 17.8 Å². The Morgan fingerprint density at radius 1 is 1.60 bits per heavy atom. The van der Waals surface area contributed by atoms with Crippen molar-refractivity contribution in [2.75, 3.05) is 6.54 Å². The molecule has 2 heterocycles. The molecule has 0 atom stereocenters. The van der Waals surface area contributed by atoms with Crippen molar-refractivity contribution in [2.24, 2.45) is 22.2 Å². The summed E-state index contributed by atoms with van der Waals surface area (Å²) in [5.41, 5.74) is 6.27. The van der Waals surface area contributed by atoms with Crippen LogP contribution >= 0.6 is 11.3 Å². The summed E-state index contributed by atoms with van der Waals surface area (Å²) in [5, 5.41) is 14.2. The van der Waals surface area contributed by atoms with Crippen LogP contribution in [0.5, 0.6) is 0 Å². The zero-order chi connectivity index (χ0) is 14.3. The molecule has 3 N–H and O–H groups in total. The van der Waals surface area contributed by atoms with Gasteiger partial charge in [-0.05, 0) is 42.2 Å². The number of hydrogen-bond donors (Lipinski definition) is 2. The third-order valence-electron chi connectivity index (χ3n) is 4.50. The Labute approximate surface area is 122 Å². The number of hydrogen-bond acceptors (Lipinski definition) is 4. The van der Waals surface area contributed by atoms with Gasteiger partial charge in [0.25, 0.3) is 0 Å². The molecule has 3 rings (SSSR count). The van der Waals surface area contributed by atoms with Gasteiger partial charge in [-0.15, -0.1) is 11.3 Å².